The molecule has 3 aromatic rings. The van der Waals surface area contributed by atoms with E-state index in [9.17, 15) is 4.39 Å². The number of hydrogen-bond acceptors (Lipinski definition) is 3. The summed E-state index contributed by atoms with van der Waals surface area (Å²) in [6.07, 6.45) is 2.35. The van der Waals surface area contributed by atoms with Gasteiger partial charge in [-0.2, -0.15) is 11.3 Å². The summed E-state index contributed by atoms with van der Waals surface area (Å²) in [6.45, 7) is 6.85. The van der Waals surface area contributed by atoms with Gasteiger partial charge in [-0.15, -0.1) is 0 Å². The van der Waals surface area contributed by atoms with Gasteiger partial charge in [-0.25, -0.2) is 4.39 Å². The molecular weight excluding hydrogens is 403 g/mol. The van der Waals surface area contributed by atoms with E-state index in [4.69, 9.17) is 0 Å². The smallest absolute Gasteiger partial charge is 0.123 e. The number of thiophene rings is 1. The quantitative estimate of drug-likeness (QED) is 0.471. The zero-order valence-corrected chi connectivity index (χ0v) is 18.8. The first-order chi connectivity index (χ1) is 15.2. The van der Waals surface area contributed by atoms with E-state index in [2.05, 4.69) is 57.0 Å². The van der Waals surface area contributed by atoms with E-state index >= 15 is 0 Å². The fourth-order valence-electron chi connectivity index (χ4n) is 5.50. The Balaban J connectivity index is 1.21. The van der Waals surface area contributed by atoms with Gasteiger partial charge >= 0.3 is 0 Å². The van der Waals surface area contributed by atoms with E-state index in [1.165, 1.54) is 42.6 Å². The van der Waals surface area contributed by atoms with Crippen LogP contribution in [0.4, 0.5) is 4.39 Å². The molecule has 31 heavy (non-hydrogen) atoms. The Morgan fingerprint density at radius 2 is 1.61 bits per heavy atom. The maximum atomic E-state index is 13.3. The molecule has 5 rings (SSSR count). The normalized spacial score (nSPS) is 23.4. The van der Waals surface area contributed by atoms with Gasteiger partial charge in [0.25, 0.3) is 0 Å². The summed E-state index contributed by atoms with van der Waals surface area (Å²) < 4.78 is 13.3. The zero-order chi connectivity index (χ0) is 21.0. The molecule has 162 valence electrons. The van der Waals surface area contributed by atoms with Crippen LogP contribution < -0.4 is 0 Å². The maximum absolute atomic E-state index is 13.3. The number of likely N-dealkylation sites (tertiary alicyclic amines) is 2. The fraction of sp³-hybridized carbons (Fsp3) is 0.407. The molecule has 2 nitrogen and oxygen atoms in total. The van der Waals surface area contributed by atoms with Crippen molar-refractivity contribution in [1.82, 2.24) is 9.80 Å². The zero-order valence-electron chi connectivity index (χ0n) is 18.0. The van der Waals surface area contributed by atoms with Crippen molar-refractivity contribution in [2.24, 2.45) is 5.92 Å². The largest absolute Gasteiger partial charge is 0.303 e. The second-order valence-electron chi connectivity index (χ2n) is 9.23. The lowest BCUT2D eigenvalue weighted by Crippen LogP contribution is -2.38. The molecule has 0 saturated carbocycles. The van der Waals surface area contributed by atoms with Gasteiger partial charge in [0.2, 0.25) is 0 Å². The van der Waals surface area contributed by atoms with Crippen molar-refractivity contribution >= 4 is 11.3 Å². The molecule has 2 saturated heterocycles. The van der Waals surface area contributed by atoms with Crippen molar-refractivity contribution in [3.8, 4) is 0 Å². The first-order valence-corrected chi connectivity index (χ1v) is 12.4. The average molecular weight is 435 g/mol. The Kier molecular flexibility index (Phi) is 6.49. The summed E-state index contributed by atoms with van der Waals surface area (Å²) in [5, 5.41) is 4.57. The molecule has 3 heterocycles. The maximum Gasteiger partial charge on any atom is 0.123 e. The number of benzene rings is 2. The summed E-state index contributed by atoms with van der Waals surface area (Å²) >= 11 is 1.82. The minimum absolute atomic E-state index is 0.137. The molecule has 0 N–H and O–H groups in total. The van der Waals surface area contributed by atoms with Gasteiger partial charge in [-0.05, 0) is 83.4 Å². The highest BCUT2D eigenvalue weighted by molar-refractivity contribution is 7.08. The molecule has 2 atom stereocenters. The van der Waals surface area contributed by atoms with Crippen LogP contribution in [0.2, 0.25) is 0 Å². The molecule has 0 aliphatic carbocycles. The van der Waals surface area contributed by atoms with E-state index in [-0.39, 0.29) is 5.82 Å². The van der Waals surface area contributed by atoms with Crippen LogP contribution in [0, 0.1) is 11.7 Å². The lowest BCUT2D eigenvalue weighted by molar-refractivity contribution is 0.177. The van der Waals surface area contributed by atoms with Gasteiger partial charge in [-0.3, -0.25) is 4.90 Å². The summed E-state index contributed by atoms with van der Waals surface area (Å²) in [4.78, 5) is 5.32. The minimum Gasteiger partial charge on any atom is -0.303 e. The summed E-state index contributed by atoms with van der Waals surface area (Å²) in [5.41, 5.74) is 4.23. The van der Waals surface area contributed by atoms with Crippen LogP contribution in [0.15, 0.2) is 71.4 Å². The average Bonchev–Trinajstić information content (AvgIpc) is 3.46. The number of hydrogen-bond donors (Lipinski definition) is 0. The standard InChI is InChI=1S/C27H31FN2S/c28-26-8-6-22(7-9-26)23-10-13-29(14-11-23)17-25-18-30(16-21-4-2-1-3-5-21)19-27(25)24-12-15-31-20-24/h1-9,12,15,20,23,25,27H,10-11,13-14,16-19H2. The molecule has 2 aromatic carbocycles. The third-order valence-corrected chi connectivity index (χ3v) is 7.86. The van der Waals surface area contributed by atoms with Crippen molar-refractivity contribution in [2.75, 3.05) is 32.7 Å². The highest BCUT2D eigenvalue weighted by Crippen LogP contribution is 2.36. The second-order valence-corrected chi connectivity index (χ2v) is 10.0. The fourth-order valence-corrected chi connectivity index (χ4v) is 6.22. The highest BCUT2D eigenvalue weighted by atomic mass is 32.1. The van der Waals surface area contributed by atoms with E-state index in [1.807, 2.05) is 23.5 Å². The van der Waals surface area contributed by atoms with Crippen molar-refractivity contribution in [3.05, 3.63) is 93.9 Å². The summed E-state index contributed by atoms with van der Waals surface area (Å²) in [6, 6.07) is 20.4. The molecule has 2 fully saturated rings. The lowest BCUT2D eigenvalue weighted by atomic mass is 9.87. The summed E-state index contributed by atoms with van der Waals surface area (Å²) in [7, 11) is 0. The Bertz CT molecular complexity index is 933. The monoisotopic (exact) mass is 434 g/mol. The number of piperidine rings is 1. The molecular formula is C27H31FN2S. The Morgan fingerprint density at radius 1 is 0.839 bits per heavy atom. The third kappa shape index (κ3) is 5.08. The predicted molar refractivity (Wildman–Crippen MR) is 127 cm³/mol. The topological polar surface area (TPSA) is 6.48 Å². The van der Waals surface area contributed by atoms with E-state index in [0.717, 1.165) is 26.2 Å². The molecule has 2 aliphatic heterocycles. The Morgan fingerprint density at radius 3 is 2.32 bits per heavy atom. The Hall–Kier alpha value is -2.01. The van der Waals surface area contributed by atoms with E-state index in [1.54, 1.807) is 12.1 Å². The lowest BCUT2D eigenvalue weighted by Gasteiger charge is -2.34. The predicted octanol–water partition coefficient (Wildman–Crippen LogP) is 5.98. The van der Waals surface area contributed by atoms with Crippen molar-refractivity contribution < 1.29 is 4.39 Å². The van der Waals surface area contributed by atoms with Crippen LogP contribution in [0.25, 0.3) is 0 Å². The highest BCUT2D eigenvalue weighted by Gasteiger charge is 2.35. The van der Waals surface area contributed by atoms with Crippen molar-refractivity contribution in [2.45, 2.75) is 31.2 Å². The van der Waals surface area contributed by atoms with Crippen LogP contribution in [0.1, 0.15) is 41.4 Å². The SMILES string of the molecule is Fc1ccc(C2CCN(CC3CN(Cc4ccccc4)CC3c3ccsc3)CC2)cc1. The van der Waals surface area contributed by atoms with Crippen LogP contribution in [-0.2, 0) is 6.54 Å². The second kappa shape index (κ2) is 9.64. The van der Waals surface area contributed by atoms with Crippen LogP contribution in [0.3, 0.4) is 0 Å². The first-order valence-electron chi connectivity index (χ1n) is 11.5. The summed E-state index contributed by atoms with van der Waals surface area (Å²) in [5.74, 6) is 1.75. The van der Waals surface area contributed by atoms with Gasteiger partial charge in [-0.1, -0.05) is 42.5 Å². The van der Waals surface area contributed by atoms with Crippen molar-refractivity contribution in [1.29, 1.82) is 0 Å². The van der Waals surface area contributed by atoms with Crippen molar-refractivity contribution in [3.63, 3.8) is 0 Å². The Labute approximate surface area is 189 Å². The van der Waals surface area contributed by atoms with Crippen LogP contribution >= 0.6 is 11.3 Å². The molecule has 0 spiro atoms. The van der Waals surface area contributed by atoms with Gasteiger partial charge in [0, 0.05) is 32.1 Å². The van der Waals surface area contributed by atoms with Gasteiger partial charge in [0.1, 0.15) is 5.82 Å². The van der Waals surface area contributed by atoms with Crippen LogP contribution in [-0.4, -0.2) is 42.5 Å². The molecule has 2 aliphatic rings. The van der Waals surface area contributed by atoms with Crippen LogP contribution in [0.5, 0.6) is 0 Å². The number of rotatable bonds is 6. The molecule has 4 heteroatoms. The number of halogens is 1. The van der Waals surface area contributed by atoms with E-state index < -0.39 is 0 Å². The first kappa shape index (κ1) is 20.9. The molecule has 2 unspecified atom stereocenters. The van der Waals surface area contributed by atoms with Gasteiger partial charge in [0.15, 0.2) is 0 Å². The number of nitrogens with zero attached hydrogens (tertiary/aromatic N) is 2. The molecule has 0 amide bonds. The molecule has 0 bridgehead atoms. The molecule has 1 aromatic heterocycles. The third-order valence-electron chi connectivity index (χ3n) is 7.16. The molecule has 0 radical (unpaired) electrons. The van der Waals surface area contributed by atoms with Gasteiger partial charge < -0.3 is 4.90 Å². The van der Waals surface area contributed by atoms with E-state index in [0.29, 0.717) is 17.8 Å². The van der Waals surface area contributed by atoms with Gasteiger partial charge in [0.05, 0.1) is 0 Å². The minimum atomic E-state index is -0.137.